The van der Waals surface area contributed by atoms with Crippen LogP contribution in [0.4, 0.5) is 5.82 Å². The van der Waals surface area contributed by atoms with E-state index in [1.54, 1.807) is 0 Å². The van der Waals surface area contributed by atoms with Gasteiger partial charge >= 0.3 is 0 Å². The number of pyridine rings is 1. The molecule has 0 saturated carbocycles. The Morgan fingerprint density at radius 3 is 3.14 bits per heavy atom. The second-order valence-electron chi connectivity index (χ2n) is 4.04. The molecule has 1 aromatic rings. The van der Waals surface area contributed by atoms with E-state index in [1.165, 1.54) is 12.0 Å². The van der Waals surface area contributed by atoms with Crippen molar-refractivity contribution in [2.75, 3.05) is 18.0 Å². The van der Waals surface area contributed by atoms with Crippen LogP contribution < -0.4 is 10.6 Å². The van der Waals surface area contributed by atoms with E-state index in [2.05, 4.69) is 22.9 Å². The van der Waals surface area contributed by atoms with Gasteiger partial charge in [0.15, 0.2) is 0 Å². The summed E-state index contributed by atoms with van der Waals surface area (Å²) in [5.41, 5.74) is 7.19. The molecular formula is C11H17N3. The van der Waals surface area contributed by atoms with Gasteiger partial charge in [-0.25, -0.2) is 4.98 Å². The minimum Gasteiger partial charge on any atom is -0.355 e. The molecule has 1 aromatic heterocycles. The van der Waals surface area contributed by atoms with Crippen LogP contribution in [0.3, 0.4) is 0 Å². The fourth-order valence-corrected chi connectivity index (χ4v) is 1.91. The zero-order valence-electron chi connectivity index (χ0n) is 8.61. The second-order valence-corrected chi connectivity index (χ2v) is 4.04. The Morgan fingerprint density at radius 2 is 2.43 bits per heavy atom. The van der Waals surface area contributed by atoms with Crippen LogP contribution >= 0.6 is 0 Å². The van der Waals surface area contributed by atoms with E-state index in [-0.39, 0.29) is 0 Å². The maximum Gasteiger partial charge on any atom is 0.128 e. The molecule has 0 unspecified atom stereocenters. The average Bonchev–Trinajstić information content (AvgIpc) is 2.18. The van der Waals surface area contributed by atoms with Crippen molar-refractivity contribution in [2.24, 2.45) is 5.73 Å². The molecule has 1 fully saturated rings. The number of aromatic nitrogens is 1. The fraction of sp³-hybridized carbons (Fsp3) is 0.545. The highest BCUT2D eigenvalue weighted by Gasteiger charge is 2.17. The Bertz CT molecular complexity index is 311. The van der Waals surface area contributed by atoms with E-state index in [9.17, 15) is 0 Å². The number of rotatable bonds is 1. The van der Waals surface area contributed by atoms with Gasteiger partial charge in [0.25, 0.3) is 0 Å². The minimum atomic E-state index is 0.311. The molecule has 0 aromatic carbocycles. The predicted molar refractivity (Wildman–Crippen MR) is 58.4 cm³/mol. The molecule has 3 nitrogen and oxygen atoms in total. The average molecular weight is 191 g/mol. The van der Waals surface area contributed by atoms with Crippen LogP contribution in [0.1, 0.15) is 18.4 Å². The largest absolute Gasteiger partial charge is 0.355 e. The van der Waals surface area contributed by atoms with Crippen molar-refractivity contribution < 1.29 is 0 Å². The lowest BCUT2D eigenvalue weighted by Gasteiger charge is -2.31. The smallest absolute Gasteiger partial charge is 0.128 e. The van der Waals surface area contributed by atoms with Crippen molar-refractivity contribution in [1.82, 2.24) is 4.98 Å². The van der Waals surface area contributed by atoms with Crippen LogP contribution in [-0.2, 0) is 0 Å². The molecule has 76 valence electrons. The Morgan fingerprint density at radius 1 is 1.57 bits per heavy atom. The maximum absolute atomic E-state index is 5.93. The summed E-state index contributed by atoms with van der Waals surface area (Å²) in [6.07, 6.45) is 4.18. The van der Waals surface area contributed by atoms with Gasteiger partial charge in [-0.15, -0.1) is 0 Å². The minimum absolute atomic E-state index is 0.311. The molecule has 0 radical (unpaired) electrons. The van der Waals surface area contributed by atoms with Crippen molar-refractivity contribution in [2.45, 2.75) is 25.8 Å². The van der Waals surface area contributed by atoms with Crippen molar-refractivity contribution >= 4 is 5.82 Å². The van der Waals surface area contributed by atoms with Gasteiger partial charge in [-0.1, -0.05) is 0 Å². The SMILES string of the molecule is Cc1ccnc(N2CCC[C@@H](N)C2)c1. The molecule has 1 aliphatic rings. The molecule has 2 N–H and O–H groups in total. The molecule has 0 aliphatic carbocycles. The van der Waals surface area contributed by atoms with E-state index < -0.39 is 0 Å². The third kappa shape index (κ3) is 2.04. The molecule has 0 bridgehead atoms. The van der Waals surface area contributed by atoms with Crippen LogP contribution in [0.25, 0.3) is 0 Å². The van der Waals surface area contributed by atoms with Gasteiger partial charge in [-0.2, -0.15) is 0 Å². The van der Waals surface area contributed by atoms with Gasteiger partial charge < -0.3 is 10.6 Å². The molecule has 3 heteroatoms. The highest BCUT2D eigenvalue weighted by Crippen LogP contribution is 2.17. The molecule has 2 rings (SSSR count). The molecule has 2 heterocycles. The molecule has 0 amide bonds. The first kappa shape index (κ1) is 9.46. The topological polar surface area (TPSA) is 42.2 Å². The first-order chi connectivity index (χ1) is 6.75. The Labute approximate surface area is 84.9 Å². The van der Waals surface area contributed by atoms with Crippen LogP contribution in [0.2, 0.25) is 0 Å². The van der Waals surface area contributed by atoms with E-state index >= 15 is 0 Å². The highest BCUT2D eigenvalue weighted by molar-refractivity contribution is 5.41. The normalized spacial score (nSPS) is 22.4. The van der Waals surface area contributed by atoms with E-state index in [0.29, 0.717) is 6.04 Å². The number of hydrogen-bond acceptors (Lipinski definition) is 3. The van der Waals surface area contributed by atoms with Gasteiger partial charge in [0.2, 0.25) is 0 Å². The lowest BCUT2D eigenvalue weighted by atomic mass is 10.1. The summed E-state index contributed by atoms with van der Waals surface area (Å²) in [5, 5.41) is 0. The Balaban J connectivity index is 2.14. The monoisotopic (exact) mass is 191 g/mol. The summed E-state index contributed by atoms with van der Waals surface area (Å²) in [7, 11) is 0. The summed E-state index contributed by atoms with van der Waals surface area (Å²) in [6, 6.07) is 4.46. The van der Waals surface area contributed by atoms with Crippen molar-refractivity contribution in [3.05, 3.63) is 23.9 Å². The van der Waals surface area contributed by atoms with Gasteiger partial charge in [0, 0.05) is 25.3 Å². The van der Waals surface area contributed by atoms with Crippen LogP contribution in [-0.4, -0.2) is 24.1 Å². The van der Waals surface area contributed by atoms with Crippen LogP contribution in [0.5, 0.6) is 0 Å². The quantitative estimate of drug-likeness (QED) is 0.728. The molecular weight excluding hydrogens is 174 g/mol. The lowest BCUT2D eigenvalue weighted by molar-refractivity contribution is 0.503. The van der Waals surface area contributed by atoms with Gasteiger partial charge in [0.1, 0.15) is 5.82 Å². The van der Waals surface area contributed by atoms with Crippen molar-refractivity contribution in [3.8, 4) is 0 Å². The zero-order chi connectivity index (χ0) is 9.97. The van der Waals surface area contributed by atoms with Crippen LogP contribution in [0, 0.1) is 6.92 Å². The molecule has 1 aliphatic heterocycles. The number of piperidine rings is 1. The van der Waals surface area contributed by atoms with Gasteiger partial charge in [0.05, 0.1) is 0 Å². The Kier molecular flexibility index (Phi) is 2.68. The number of nitrogens with two attached hydrogens (primary N) is 1. The standard InChI is InChI=1S/C11H17N3/c1-9-4-5-13-11(7-9)14-6-2-3-10(12)8-14/h4-5,7,10H,2-3,6,8,12H2,1H3/t10-/m1/s1. The van der Waals surface area contributed by atoms with Crippen molar-refractivity contribution in [3.63, 3.8) is 0 Å². The third-order valence-electron chi connectivity index (χ3n) is 2.68. The van der Waals surface area contributed by atoms with Gasteiger partial charge in [-0.3, -0.25) is 0 Å². The van der Waals surface area contributed by atoms with E-state index in [1.807, 2.05) is 12.3 Å². The first-order valence-electron chi connectivity index (χ1n) is 5.19. The number of hydrogen-bond donors (Lipinski definition) is 1. The highest BCUT2D eigenvalue weighted by atomic mass is 15.2. The van der Waals surface area contributed by atoms with Crippen LogP contribution in [0.15, 0.2) is 18.3 Å². The molecule has 0 spiro atoms. The molecule has 14 heavy (non-hydrogen) atoms. The predicted octanol–water partition coefficient (Wildman–Crippen LogP) is 1.32. The van der Waals surface area contributed by atoms with Crippen molar-refractivity contribution in [1.29, 1.82) is 0 Å². The third-order valence-corrected chi connectivity index (χ3v) is 2.68. The summed E-state index contributed by atoms with van der Waals surface area (Å²) in [6.45, 7) is 4.12. The summed E-state index contributed by atoms with van der Waals surface area (Å²) < 4.78 is 0. The van der Waals surface area contributed by atoms with Gasteiger partial charge in [-0.05, 0) is 37.5 Å². The Hall–Kier alpha value is -1.09. The summed E-state index contributed by atoms with van der Waals surface area (Å²) >= 11 is 0. The number of nitrogens with zero attached hydrogens (tertiary/aromatic N) is 2. The fourth-order valence-electron chi connectivity index (χ4n) is 1.91. The second kappa shape index (κ2) is 3.96. The number of aryl methyl sites for hydroxylation is 1. The summed E-state index contributed by atoms with van der Waals surface area (Å²) in [4.78, 5) is 6.65. The number of anilines is 1. The summed E-state index contributed by atoms with van der Waals surface area (Å²) in [5.74, 6) is 1.07. The van der Waals surface area contributed by atoms with E-state index in [0.717, 1.165) is 25.3 Å². The maximum atomic E-state index is 5.93. The molecule has 1 saturated heterocycles. The zero-order valence-corrected chi connectivity index (χ0v) is 8.61. The molecule has 1 atom stereocenters. The van der Waals surface area contributed by atoms with E-state index in [4.69, 9.17) is 5.73 Å². The lowest BCUT2D eigenvalue weighted by Crippen LogP contribution is -2.43. The first-order valence-corrected chi connectivity index (χ1v) is 5.19.